The topological polar surface area (TPSA) is 0 Å². The van der Waals surface area contributed by atoms with Crippen molar-refractivity contribution in [2.24, 2.45) is 0 Å². The molecular weight excluding hydrogens is 497 g/mol. The minimum atomic E-state index is 1.27. The van der Waals surface area contributed by atoms with Gasteiger partial charge in [0.1, 0.15) is 0 Å². The van der Waals surface area contributed by atoms with Crippen molar-refractivity contribution >= 4 is 94.3 Å². The van der Waals surface area contributed by atoms with Gasteiger partial charge >= 0.3 is 0 Å². The van der Waals surface area contributed by atoms with Crippen LogP contribution in [0, 0.1) is 0 Å². The molecule has 0 aromatic carbocycles. The molecule has 5 rings (SSSR count). The van der Waals surface area contributed by atoms with E-state index >= 15 is 0 Å². The van der Waals surface area contributed by atoms with E-state index in [2.05, 4.69) is 82.7 Å². The molecule has 0 spiro atoms. The van der Waals surface area contributed by atoms with Crippen LogP contribution in [0.4, 0.5) is 0 Å². The highest BCUT2D eigenvalue weighted by Gasteiger charge is 2.19. The highest BCUT2D eigenvalue weighted by Crippen LogP contribution is 2.53. The Morgan fingerprint density at radius 1 is 0.455 bits per heavy atom. The summed E-state index contributed by atoms with van der Waals surface area (Å²) in [6.07, 6.45) is 19.2. The van der Waals surface area contributed by atoms with Gasteiger partial charge in [0.05, 0.1) is 26.8 Å². The molecule has 0 bridgehead atoms. The summed E-state index contributed by atoms with van der Waals surface area (Å²) in [6, 6.07) is 5.05. The molecule has 0 amide bonds. The number of unbranched alkanes of at least 4 members (excludes halogenated alkanes) is 10. The van der Waals surface area contributed by atoms with Crippen LogP contribution in [-0.2, 0) is 12.8 Å². The van der Waals surface area contributed by atoms with Crippen LogP contribution in [0.2, 0.25) is 0 Å². The molecule has 0 nitrogen and oxygen atoms in total. The minimum absolute atomic E-state index is 1.27. The van der Waals surface area contributed by atoms with E-state index in [1.54, 1.807) is 47.4 Å². The van der Waals surface area contributed by atoms with Gasteiger partial charge in [-0.15, -0.1) is 56.7 Å². The molecule has 0 atom stereocenters. The maximum absolute atomic E-state index is 2.53. The van der Waals surface area contributed by atoms with Crippen molar-refractivity contribution in [3.05, 3.63) is 21.9 Å². The van der Waals surface area contributed by atoms with Gasteiger partial charge in [-0.1, -0.05) is 78.1 Å². The molecule has 0 fully saturated rings. The smallest absolute Gasteiger partial charge is 0.0889 e. The van der Waals surface area contributed by atoms with Gasteiger partial charge in [0, 0.05) is 20.5 Å². The maximum atomic E-state index is 2.53. The van der Waals surface area contributed by atoms with E-state index in [0.29, 0.717) is 0 Å². The van der Waals surface area contributed by atoms with Crippen molar-refractivity contribution in [3.63, 3.8) is 0 Å². The average Bonchev–Trinajstić information content (AvgIpc) is 3.58. The number of fused-ring (bicyclic) bond motifs is 7. The normalized spacial score (nSPS) is 12.4. The number of aryl methyl sites for hydroxylation is 2. The summed E-state index contributed by atoms with van der Waals surface area (Å²) in [7, 11) is 0. The number of thiophene rings is 5. The van der Waals surface area contributed by atoms with E-state index in [1.807, 2.05) is 0 Å². The molecule has 0 aliphatic rings. The lowest BCUT2D eigenvalue weighted by molar-refractivity contribution is 0.609. The molecule has 0 N–H and O–H groups in total. The molecule has 0 aliphatic heterocycles. The van der Waals surface area contributed by atoms with E-state index < -0.39 is 0 Å². The molecule has 0 saturated carbocycles. The van der Waals surface area contributed by atoms with Gasteiger partial charge in [0.25, 0.3) is 0 Å². The summed E-state index contributed by atoms with van der Waals surface area (Å²) >= 11 is 10.3. The molecular formula is C28H36S5. The molecule has 5 aromatic heterocycles. The SMILES string of the molecule is CCCCCCCCc1cc2c(s1)sc1c2sc2c3cc(CCCCCCCC)sc3sc21. The standard InChI is InChI=1S/C28H36S5/c1-3-5-7-9-11-13-15-19-17-21-23-25(32-27(21)29-19)26-24(31-23)22-18-20(30-28(22)33-26)16-14-12-10-8-6-4-2/h17-18H,3-16H2,1-2H3. The lowest BCUT2D eigenvalue weighted by atomic mass is 10.1. The summed E-state index contributed by atoms with van der Waals surface area (Å²) in [5, 5.41) is 3.09. The Morgan fingerprint density at radius 3 is 1.33 bits per heavy atom. The average molecular weight is 533 g/mol. The largest absolute Gasteiger partial charge is 0.132 e. The fraction of sp³-hybridized carbons (Fsp3) is 0.571. The lowest BCUT2D eigenvalue weighted by Crippen LogP contribution is -1.82. The Kier molecular flexibility index (Phi) is 8.46. The van der Waals surface area contributed by atoms with E-state index in [9.17, 15) is 0 Å². The lowest BCUT2D eigenvalue weighted by Gasteiger charge is -1.99. The van der Waals surface area contributed by atoms with E-state index in [-0.39, 0.29) is 0 Å². The summed E-state index contributed by atoms with van der Waals surface area (Å²) in [5.41, 5.74) is 0. The third kappa shape index (κ3) is 5.38. The summed E-state index contributed by atoms with van der Waals surface area (Å²) in [4.78, 5) is 3.21. The van der Waals surface area contributed by atoms with E-state index in [0.717, 1.165) is 0 Å². The fourth-order valence-electron chi connectivity index (χ4n) is 4.85. The predicted molar refractivity (Wildman–Crippen MR) is 160 cm³/mol. The summed E-state index contributed by atoms with van der Waals surface area (Å²) in [6.45, 7) is 4.60. The Balaban J connectivity index is 1.27. The van der Waals surface area contributed by atoms with Crippen LogP contribution in [0.3, 0.4) is 0 Å². The number of hydrogen-bond acceptors (Lipinski definition) is 5. The van der Waals surface area contributed by atoms with Gasteiger partial charge in [-0.25, -0.2) is 0 Å². The third-order valence-electron chi connectivity index (χ3n) is 6.75. The Labute approximate surface area is 218 Å². The molecule has 5 heterocycles. The fourth-order valence-corrected chi connectivity index (χ4v) is 12.2. The van der Waals surface area contributed by atoms with Gasteiger partial charge < -0.3 is 0 Å². The van der Waals surface area contributed by atoms with Gasteiger partial charge in [0.2, 0.25) is 0 Å². The second-order valence-electron chi connectivity index (χ2n) is 9.49. The Hall–Kier alpha value is -0.460. The van der Waals surface area contributed by atoms with E-state index in [4.69, 9.17) is 0 Å². The molecule has 0 aliphatic carbocycles. The summed E-state index contributed by atoms with van der Waals surface area (Å²) in [5.74, 6) is 0. The zero-order valence-electron chi connectivity index (χ0n) is 20.1. The highest BCUT2D eigenvalue weighted by atomic mass is 32.2. The summed E-state index contributed by atoms with van der Waals surface area (Å²) < 4.78 is 9.36. The first kappa shape index (κ1) is 24.2. The van der Waals surface area contributed by atoms with Gasteiger partial charge in [-0.2, -0.15) is 0 Å². The van der Waals surface area contributed by atoms with Crippen molar-refractivity contribution in [1.82, 2.24) is 0 Å². The first-order valence-corrected chi connectivity index (χ1v) is 17.1. The first-order chi connectivity index (χ1) is 16.3. The number of rotatable bonds is 14. The molecule has 33 heavy (non-hydrogen) atoms. The van der Waals surface area contributed by atoms with Crippen LogP contribution in [0.5, 0.6) is 0 Å². The van der Waals surface area contributed by atoms with Crippen LogP contribution >= 0.6 is 56.7 Å². The number of hydrogen-bond donors (Lipinski definition) is 0. The molecule has 0 radical (unpaired) electrons. The van der Waals surface area contributed by atoms with Crippen molar-refractivity contribution in [2.45, 2.75) is 104 Å². The van der Waals surface area contributed by atoms with Crippen molar-refractivity contribution in [1.29, 1.82) is 0 Å². The second-order valence-corrected chi connectivity index (χ2v) is 15.3. The van der Waals surface area contributed by atoms with Crippen LogP contribution in [-0.4, -0.2) is 0 Å². The van der Waals surface area contributed by atoms with Gasteiger partial charge in [-0.3, -0.25) is 0 Å². The molecule has 178 valence electrons. The van der Waals surface area contributed by atoms with E-state index in [1.165, 1.54) is 89.9 Å². The van der Waals surface area contributed by atoms with Crippen molar-refractivity contribution in [3.8, 4) is 0 Å². The maximum Gasteiger partial charge on any atom is 0.0889 e. The third-order valence-corrected chi connectivity index (χ3v) is 13.4. The quantitative estimate of drug-likeness (QED) is 0.125. The predicted octanol–water partition coefficient (Wildman–Crippen LogP) is 12.4. The van der Waals surface area contributed by atoms with Gasteiger partial charge in [-0.05, 0) is 37.8 Å². The van der Waals surface area contributed by atoms with Crippen LogP contribution in [0.25, 0.3) is 37.6 Å². The monoisotopic (exact) mass is 532 g/mol. The van der Waals surface area contributed by atoms with Crippen molar-refractivity contribution in [2.75, 3.05) is 0 Å². The minimum Gasteiger partial charge on any atom is -0.132 e. The highest BCUT2D eigenvalue weighted by molar-refractivity contribution is 7.51. The molecule has 0 saturated heterocycles. The van der Waals surface area contributed by atoms with Crippen molar-refractivity contribution < 1.29 is 0 Å². The second kappa shape index (κ2) is 11.5. The molecule has 0 unspecified atom stereocenters. The van der Waals surface area contributed by atoms with Crippen LogP contribution in [0.15, 0.2) is 12.1 Å². The molecule has 5 heteroatoms. The van der Waals surface area contributed by atoms with Gasteiger partial charge in [0.15, 0.2) is 0 Å². The Morgan fingerprint density at radius 2 is 0.879 bits per heavy atom. The zero-order chi connectivity index (χ0) is 22.6. The zero-order valence-corrected chi connectivity index (χ0v) is 24.2. The van der Waals surface area contributed by atoms with Crippen LogP contribution < -0.4 is 0 Å². The van der Waals surface area contributed by atoms with Crippen LogP contribution in [0.1, 0.15) is 101 Å². The first-order valence-electron chi connectivity index (χ1n) is 13.1. The molecule has 5 aromatic rings. The Bertz CT molecular complexity index is 1200.